The third-order valence-corrected chi connectivity index (χ3v) is 3.89. The Labute approximate surface area is 115 Å². The zero-order valence-electron chi connectivity index (χ0n) is 10.8. The van der Waals surface area contributed by atoms with Gasteiger partial charge in [-0.3, -0.25) is 0 Å². The van der Waals surface area contributed by atoms with E-state index in [0.29, 0.717) is 12.0 Å². The summed E-state index contributed by atoms with van der Waals surface area (Å²) in [5.74, 6) is 0.525. The van der Waals surface area contributed by atoms with Crippen LogP contribution in [0.4, 0.5) is 0 Å². The van der Waals surface area contributed by atoms with Crippen molar-refractivity contribution >= 4 is 23.2 Å². The van der Waals surface area contributed by atoms with Gasteiger partial charge in [0.05, 0.1) is 0 Å². The molecule has 0 aliphatic heterocycles. The Morgan fingerprint density at radius 1 is 1.18 bits per heavy atom. The van der Waals surface area contributed by atoms with Gasteiger partial charge in [0.1, 0.15) is 0 Å². The van der Waals surface area contributed by atoms with Crippen LogP contribution in [-0.2, 0) is 6.42 Å². The van der Waals surface area contributed by atoms with Crippen LogP contribution in [0, 0.1) is 5.92 Å². The van der Waals surface area contributed by atoms with Crippen molar-refractivity contribution in [1.29, 1.82) is 0 Å². The van der Waals surface area contributed by atoms with Crippen LogP contribution < -0.4 is 5.32 Å². The minimum absolute atomic E-state index is 0.521. The Morgan fingerprint density at radius 2 is 1.76 bits per heavy atom. The van der Waals surface area contributed by atoms with Crippen molar-refractivity contribution in [3.63, 3.8) is 0 Å². The summed E-state index contributed by atoms with van der Waals surface area (Å²) in [6, 6.07) is 6.22. The predicted molar refractivity (Wildman–Crippen MR) is 77.1 cm³/mol. The third kappa shape index (κ3) is 4.17. The molecule has 1 rings (SSSR count). The predicted octanol–water partition coefficient (Wildman–Crippen LogP) is 4.56. The quantitative estimate of drug-likeness (QED) is 0.801. The van der Waals surface area contributed by atoms with Gasteiger partial charge in [-0.1, -0.05) is 50.0 Å². The molecule has 3 heteroatoms. The Balaban J connectivity index is 2.76. The van der Waals surface area contributed by atoms with Gasteiger partial charge >= 0.3 is 0 Å². The van der Waals surface area contributed by atoms with E-state index in [1.165, 1.54) is 0 Å². The summed E-state index contributed by atoms with van der Waals surface area (Å²) in [7, 11) is 0. The van der Waals surface area contributed by atoms with E-state index in [1.807, 2.05) is 18.2 Å². The van der Waals surface area contributed by atoms with E-state index in [9.17, 15) is 0 Å². The van der Waals surface area contributed by atoms with Crippen molar-refractivity contribution in [3.8, 4) is 0 Å². The second-order valence-electron chi connectivity index (χ2n) is 4.45. The molecule has 2 unspecified atom stereocenters. The summed E-state index contributed by atoms with van der Waals surface area (Å²) in [4.78, 5) is 0. The molecule has 1 aromatic rings. The maximum Gasteiger partial charge on any atom is 0.0452 e. The molecule has 0 saturated heterocycles. The zero-order valence-corrected chi connectivity index (χ0v) is 12.3. The van der Waals surface area contributed by atoms with E-state index < -0.39 is 0 Å². The minimum atomic E-state index is 0.521. The number of rotatable bonds is 6. The number of hydrogen-bond acceptors (Lipinski definition) is 1. The normalized spacial score (nSPS) is 14.6. The maximum absolute atomic E-state index is 6.19. The Kier molecular flexibility index (Phi) is 6.32. The minimum Gasteiger partial charge on any atom is -0.314 e. The van der Waals surface area contributed by atoms with E-state index in [4.69, 9.17) is 23.2 Å². The summed E-state index contributed by atoms with van der Waals surface area (Å²) in [5.41, 5.74) is 1.07. The van der Waals surface area contributed by atoms with Crippen LogP contribution in [0.1, 0.15) is 32.8 Å². The number of benzene rings is 1. The first-order chi connectivity index (χ1) is 8.10. The smallest absolute Gasteiger partial charge is 0.0452 e. The van der Waals surface area contributed by atoms with Crippen molar-refractivity contribution in [1.82, 2.24) is 5.32 Å². The molecule has 0 fully saturated rings. The van der Waals surface area contributed by atoms with Crippen LogP contribution in [0.2, 0.25) is 10.0 Å². The molecule has 0 bridgehead atoms. The van der Waals surface area contributed by atoms with Crippen LogP contribution in [0.25, 0.3) is 0 Å². The summed E-state index contributed by atoms with van der Waals surface area (Å²) in [5, 5.41) is 5.05. The molecular formula is C14H21Cl2N. The van der Waals surface area contributed by atoms with Crippen LogP contribution >= 0.6 is 23.2 Å². The first kappa shape index (κ1) is 14.8. The van der Waals surface area contributed by atoms with Crippen LogP contribution in [0.15, 0.2) is 18.2 Å². The molecule has 0 heterocycles. The molecule has 2 atom stereocenters. The standard InChI is InChI=1S/C14H21Cl2N/c1-4-14(17-5-2)10(3)9-11-12(15)7-6-8-13(11)16/h6-8,10,14,17H,4-5,9H2,1-3H3. The first-order valence-electron chi connectivity index (χ1n) is 6.26. The third-order valence-electron chi connectivity index (χ3n) is 3.18. The number of halogens is 2. The topological polar surface area (TPSA) is 12.0 Å². The summed E-state index contributed by atoms with van der Waals surface area (Å²) < 4.78 is 0. The second-order valence-corrected chi connectivity index (χ2v) is 5.27. The highest BCUT2D eigenvalue weighted by molar-refractivity contribution is 6.35. The molecule has 0 amide bonds. The largest absolute Gasteiger partial charge is 0.314 e. The highest BCUT2D eigenvalue weighted by Gasteiger charge is 2.17. The van der Waals surface area contributed by atoms with E-state index in [1.54, 1.807) is 0 Å². The number of nitrogens with one attached hydrogen (secondary N) is 1. The molecule has 0 aliphatic rings. The van der Waals surface area contributed by atoms with Crippen molar-refractivity contribution < 1.29 is 0 Å². The molecule has 1 nitrogen and oxygen atoms in total. The number of hydrogen-bond donors (Lipinski definition) is 1. The summed E-state index contributed by atoms with van der Waals surface area (Å²) >= 11 is 12.4. The van der Waals surface area contributed by atoms with Crippen LogP contribution in [-0.4, -0.2) is 12.6 Å². The van der Waals surface area contributed by atoms with Gasteiger partial charge in [0.15, 0.2) is 0 Å². The average molecular weight is 274 g/mol. The molecular weight excluding hydrogens is 253 g/mol. The molecule has 96 valence electrons. The fourth-order valence-electron chi connectivity index (χ4n) is 2.20. The van der Waals surface area contributed by atoms with Crippen molar-refractivity contribution in [2.75, 3.05) is 6.54 Å². The van der Waals surface area contributed by atoms with Gasteiger partial charge < -0.3 is 5.32 Å². The van der Waals surface area contributed by atoms with E-state index in [-0.39, 0.29) is 0 Å². The zero-order chi connectivity index (χ0) is 12.8. The lowest BCUT2D eigenvalue weighted by molar-refractivity contribution is 0.371. The highest BCUT2D eigenvalue weighted by atomic mass is 35.5. The van der Waals surface area contributed by atoms with Gasteiger partial charge in [0, 0.05) is 16.1 Å². The molecule has 0 aromatic heterocycles. The van der Waals surface area contributed by atoms with Gasteiger partial charge in [-0.25, -0.2) is 0 Å². The molecule has 0 radical (unpaired) electrons. The van der Waals surface area contributed by atoms with Gasteiger partial charge in [0.2, 0.25) is 0 Å². The van der Waals surface area contributed by atoms with Gasteiger partial charge in [-0.2, -0.15) is 0 Å². The van der Waals surface area contributed by atoms with Gasteiger partial charge in [0.25, 0.3) is 0 Å². The second kappa shape index (κ2) is 7.25. The lowest BCUT2D eigenvalue weighted by Crippen LogP contribution is -2.35. The van der Waals surface area contributed by atoms with Gasteiger partial charge in [-0.05, 0) is 43.0 Å². The average Bonchev–Trinajstić information content (AvgIpc) is 2.30. The molecule has 1 N–H and O–H groups in total. The lowest BCUT2D eigenvalue weighted by atomic mass is 9.92. The van der Waals surface area contributed by atoms with E-state index >= 15 is 0 Å². The lowest BCUT2D eigenvalue weighted by Gasteiger charge is -2.24. The van der Waals surface area contributed by atoms with E-state index in [2.05, 4.69) is 26.1 Å². The first-order valence-corrected chi connectivity index (χ1v) is 7.02. The SMILES string of the molecule is CCNC(CC)C(C)Cc1c(Cl)cccc1Cl. The van der Waals surface area contributed by atoms with E-state index in [0.717, 1.165) is 35.0 Å². The molecule has 17 heavy (non-hydrogen) atoms. The van der Waals surface area contributed by atoms with Crippen LogP contribution in [0.3, 0.4) is 0 Å². The Morgan fingerprint density at radius 3 is 2.24 bits per heavy atom. The Hall–Kier alpha value is -0.240. The molecule has 0 saturated carbocycles. The molecule has 0 spiro atoms. The van der Waals surface area contributed by atoms with Gasteiger partial charge in [-0.15, -0.1) is 0 Å². The Bertz CT molecular complexity index is 332. The monoisotopic (exact) mass is 273 g/mol. The summed E-state index contributed by atoms with van der Waals surface area (Å²) in [6.07, 6.45) is 2.04. The molecule has 0 aliphatic carbocycles. The summed E-state index contributed by atoms with van der Waals surface area (Å²) in [6.45, 7) is 7.59. The molecule has 1 aromatic carbocycles. The van der Waals surface area contributed by atoms with Crippen LogP contribution in [0.5, 0.6) is 0 Å². The fraction of sp³-hybridized carbons (Fsp3) is 0.571. The van der Waals surface area contributed by atoms with Crippen molar-refractivity contribution in [2.24, 2.45) is 5.92 Å². The van der Waals surface area contributed by atoms with Crippen molar-refractivity contribution in [2.45, 2.75) is 39.7 Å². The highest BCUT2D eigenvalue weighted by Crippen LogP contribution is 2.28. The fourth-order valence-corrected chi connectivity index (χ4v) is 2.75. The maximum atomic E-state index is 6.19. The van der Waals surface area contributed by atoms with Crippen molar-refractivity contribution in [3.05, 3.63) is 33.8 Å².